The van der Waals surface area contributed by atoms with Crippen molar-refractivity contribution in [2.45, 2.75) is 13.0 Å². The lowest BCUT2D eigenvalue weighted by molar-refractivity contribution is -0.122. The number of ether oxygens (including phenoxy) is 1. The van der Waals surface area contributed by atoms with Gasteiger partial charge < -0.3 is 15.8 Å². The Kier molecular flexibility index (Phi) is 4.95. The van der Waals surface area contributed by atoms with E-state index in [0.29, 0.717) is 22.6 Å². The summed E-state index contributed by atoms with van der Waals surface area (Å²) >= 11 is 0. The zero-order chi connectivity index (χ0) is 16.8. The summed E-state index contributed by atoms with van der Waals surface area (Å²) in [7, 11) is 0. The molecule has 2 aromatic carbocycles. The zero-order valence-electron chi connectivity index (χ0n) is 12.4. The van der Waals surface area contributed by atoms with Gasteiger partial charge in [-0.3, -0.25) is 9.59 Å². The smallest absolute Gasteiger partial charge is 0.265 e. The lowest BCUT2D eigenvalue weighted by Crippen LogP contribution is -2.30. The highest BCUT2D eigenvalue weighted by atomic mass is 16.5. The number of hydrogen-bond acceptors (Lipinski definition) is 4. The fourth-order valence-electron chi connectivity index (χ4n) is 1.87. The third kappa shape index (κ3) is 4.08. The highest BCUT2D eigenvalue weighted by Crippen LogP contribution is 2.18. The molecule has 0 heterocycles. The molecule has 0 aliphatic heterocycles. The maximum absolute atomic E-state index is 12.1. The van der Waals surface area contributed by atoms with E-state index in [4.69, 9.17) is 15.7 Å². The van der Waals surface area contributed by atoms with E-state index in [1.54, 1.807) is 43.3 Å². The molecule has 3 N–H and O–H groups in total. The molecular weight excluding hydrogens is 294 g/mol. The zero-order valence-corrected chi connectivity index (χ0v) is 12.4. The van der Waals surface area contributed by atoms with Crippen LogP contribution in [0.25, 0.3) is 0 Å². The summed E-state index contributed by atoms with van der Waals surface area (Å²) in [6, 6.07) is 14.9. The molecule has 0 aliphatic carbocycles. The molecule has 2 amide bonds. The molecule has 2 aromatic rings. The third-order valence-electron chi connectivity index (χ3n) is 3.12. The van der Waals surface area contributed by atoms with E-state index in [1.165, 1.54) is 12.1 Å². The monoisotopic (exact) mass is 309 g/mol. The molecule has 0 saturated carbocycles. The molecule has 23 heavy (non-hydrogen) atoms. The Hall–Kier alpha value is -3.33. The van der Waals surface area contributed by atoms with Gasteiger partial charge in [0.1, 0.15) is 11.8 Å². The molecule has 116 valence electrons. The van der Waals surface area contributed by atoms with Crippen LogP contribution in [0.5, 0.6) is 5.75 Å². The van der Waals surface area contributed by atoms with Gasteiger partial charge in [-0.15, -0.1) is 0 Å². The Balaban J connectivity index is 2.02. The Bertz CT molecular complexity index is 763. The molecule has 0 saturated heterocycles. The van der Waals surface area contributed by atoms with E-state index >= 15 is 0 Å². The molecular formula is C17H15N3O3. The lowest BCUT2D eigenvalue weighted by atomic mass is 10.2. The minimum atomic E-state index is -0.791. The number of primary amides is 1. The standard InChI is InChI=1S/C17H15N3O3/c1-11(23-15-5-3-2-4-13(15)10-18)17(22)20-14-8-6-12(7-9-14)16(19)21/h2-9,11H,1H3,(H2,19,21)(H,20,22)/t11-/m0/s1. The van der Waals surface area contributed by atoms with Gasteiger partial charge in [0.2, 0.25) is 5.91 Å². The van der Waals surface area contributed by atoms with E-state index < -0.39 is 12.0 Å². The molecule has 0 unspecified atom stereocenters. The number of benzene rings is 2. The fraction of sp³-hybridized carbons (Fsp3) is 0.118. The maximum atomic E-state index is 12.1. The predicted molar refractivity (Wildman–Crippen MR) is 84.8 cm³/mol. The van der Waals surface area contributed by atoms with Crippen LogP contribution < -0.4 is 15.8 Å². The van der Waals surface area contributed by atoms with Crippen molar-refractivity contribution in [3.8, 4) is 11.8 Å². The van der Waals surface area contributed by atoms with Gasteiger partial charge in [0.15, 0.2) is 6.10 Å². The van der Waals surface area contributed by atoms with Gasteiger partial charge in [-0.2, -0.15) is 5.26 Å². The summed E-state index contributed by atoms with van der Waals surface area (Å²) in [5.74, 6) is -0.556. The SMILES string of the molecule is C[C@H](Oc1ccccc1C#N)C(=O)Nc1ccc(C(N)=O)cc1. The summed E-state index contributed by atoms with van der Waals surface area (Å²) in [6.45, 7) is 1.58. The number of carbonyl (C=O) groups excluding carboxylic acids is 2. The van der Waals surface area contributed by atoms with Crippen molar-refractivity contribution in [1.82, 2.24) is 0 Å². The first-order valence-electron chi connectivity index (χ1n) is 6.88. The number of amides is 2. The molecule has 0 fully saturated rings. The number of nitrogens with two attached hydrogens (primary N) is 1. The van der Waals surface area contributed by atoms with Crippen molar-refractivity contribution < 1.29 is 14.3 Å². The Morgan fingerprint density at radius 2 is 1.83 bits per heavy atom. The minimum Gasteiger partial charge on any atom is -0.480 e. The van der Waals surface area contributed by atoms with Crippen LogP contribution in [-0.2, 0) is 4.79 Å². The first-order chi connectivity index (χ1) is 11.0. The van der Waals surface area contributed by atoms with E-state index in [0.717, 1.165) is 0 Å². The van der Waals surface area contributed by atoms with Crippen molar-refractivity contribution in [2.75, 3.05) is 5.32 Å². The first-order valence-corrected chi connectivity index (χ1v) is 6.88. The fourth-order valence-corrected chi connectivity index (χ4v) is 1.87. The second-order valence-corrected chi connectivity index (χ2v) is 4.80. The van der Waals surface area contributed by atoms with Crippen LogP contribution in [0.3, 0.4) is 0 Å². The van der Waals surface area contributed by atoms with Crippen molar-refractivity contribution in [2.24, 2.45) is 5.73 Å². The minimum absolute atomic E-state index is 0.349. The molecule has 0 aliphatic rings. The van der Waals surface area contributed by atoms with Gasteiger partial charge in [0.05, 0.1) is 5.56 Å². The van der Waals surface area contributed by atoms with Crippen molar-refractivity contribution in [3.05, 3.63) is 59.7 Å². The Morgan fingerprint density at radius 1 is 1.17 bits per heavy atom. The van der Waals surface area contributed by atoms with E-state index in [-0.39, 0.29) is 5.91 Å². The largest absolute Gasteiger partial charge is 0.480 e. The van der Waals surface area contributed by atoms with Crippen LogP contribution in [0.2, 0.25) is 0 Å². The molecule has 0 spiro atoms. The lowest BCUT2D eigenvalue weighted by Gasteiger charge is -2.15. The first kappa shape index (κ1) is 16.0. The number of carbonyl (C=O) groups is 2. The highest BCUT2D eigenvalue weighted by Gasteiger charge is 2.16. The van der Waals surface area contributed by atoms with E-state index in [9.17, 15) is 9.59 Å². The third-order valence-corrected chi connectivity index (χ3v) is 3.12. The van der Waals surface area contributed by atoms with Crippen molar-refractivity contribution in [3.63, 3.8) is 0 Å². The molecule has 1 atom stereocenters. The van der Waals surface area contributed by atoms with Gasteiger partial charge in [-0.25, -0.2) is 0 Å². The maximum Gasteiger partial charge on any atom is 0.265 e. The highest BCUT2D eigenvalue weighted by molar-refractivity contribution is 5.96. The number of anilines is 1. The summed E-state index contributed by atoms with van der Waals surface area (Å²) in [6.07, 6.45) is -0.791. The van der Waals surface area contributed by atoms with Gasteiger partial charge in [-0.1, -0.05) is 12.1 Å². The van der Waals surface area contributed by atoms with Gasteiger partial charge in [0.25, 0.3) is 5.91 Å². The number of hydrogen-bond donors (Lipinski definition) is 2. The molecule has 6 heteroatoms. The van der Waals surface area contributed by atoms with Crippen LogP contribution in [-0.4, -0.2) is 17.9 Å². The topological polar surface area (TPSA) is 105 Å². The normalized spacial score (nSPS) is 11.1. The number of rotatable bonds is 5. The van der Waals surface area contributed by atoms with Gasteiger partial charge >= 0.3 is 0 Å². The molecule has 0 bridgehead atoms. The number of para-hydroxylation sites is 1. The van der Waals surface area contributed by atoms with E-state index in [1.807, 2.05) is 6.07 Å². The van der Waals surface area contributed by atoms with Crippen LogP contribution in [0.4, 0.5) is 5.69 Å². The van der Waals surface area contributed by atoms with Crippen molar-refractivity contribution in [1.29, 1.82) is 5.26 Å². The van der Waals surface area contributed by atoms with Crippen LogP contribution >= 0.6 is 0 Å². The van der Waals surface area contributed by atoms with Gasteiger partial charge in [0, 0.05) is 11.3 Å². The summed E-state index contributed by atoms with van der Waals surface area (Å²) in [4.78, 5) is 23.1. The number of nitriles is 1. The van der Waals surface area contributed by atoms with Crippen LogP contribution in [0, 0.1) is 11.3 Å². The molecule has 0 aromatic heterocycles. The van der Waals surface area contributed by atoms with Crippen molar-refractivity contribution >= 4 is 17.5 Å². The summed E-state index contributed by atoms with van der Waals surface area (Å²) in [5, 5.41) is 11.7. The second-order valence-electron chi connectivity index (χ2n) is 4.80. The van der Waals surface area contributed by atoms with E-state index in [2.05, 4.69) is 5.32 Å². The van der Waals surface area contributed by atoms with Gasteiger partial charge in [-0.05, 0) is 43.3 Å². The Morgan fingerprint density at radius 3 is 2.43 bits per heavy atom. The molecule has 0 radical (unpaired) electrons. The molecule has 2 rings (SSSR count). The average Bonchev–Trinajstić information content (AvgIpc) is 2.55. The summed E-state index contributed by atoms with van der Waals surface area (Å²) < 4.78 is 5.52. The Labute approximate surface area is 133 Å². The predicted octanol–water partition coefficient (Wildman–Crippen LogP) is 2.06. The quantitative estimate of drug-likeness (QED) is 0.881. The van der Waals surface area contributed by atoms with Crippen LogP contribution in [0.15, 0.2) is 48.5 Å². The number of nitrogens with one attached hydrogen (secondary N) is 1. The molecule has 6 nitrogen and oxygen atoms in total. The number of nitrogens with zero attached hydrogens (tertiary/aromatic N) is 1. The average molecular weight is 309 g/mol. The summed E-state index contributed by atoms with van der Waals surface area (Å²) in [5.41, 5.74) is 6.39. The van der Waals surface area contributed by atoms with Crippen LogP contribution in [0.1, 0.15) is 22.8 Å². The second kappa shape index (κ2) is 7.09.